The van der Waals surface area contributed by atoms with Gasteiger partial charge in [-0.15, -0.1) is 0 Å². The van der Waals surface area contributed by atoms with E-state index in [1.165, 1.54) is 42.4 Å². The second-order valence-corrected chi connectivity index (χ2v) is 4.33. The third-order valence-electron chi connectivity index (χ3n) is 2.87. The van der Waals surface area contributed by atoms with E-state index in [9.17, 15) is 0 Å². The molecule has 1 aromatic carbocycles. The zero-order chi connectivity index (χ0) is 12.6. The van der Waals surface area contributed by atoms with Gasteiger partial charge in [0.15, 0.2) is 0 Å². The average Bonchev–Trinajstić information content (AvgIpc) is 2.25. The zero-order valence-corrected chi connectivity index (χ0v) is 12.0. The monoisotopic (exact) mass is 220 g/mol. The summed E-state index contributed by atoms with van der Waals surface area (Å²) < 4.78 is 0. The number of aryl methyl sites for hydroxylation is 3. The molecule has 0 saturated heterocycles. The summed E-state index contributed by atoms with van der Waals surface area (Å²) >= 11 is 0. The van der Waals surface area contributed by atoms with E-state index in [4.69, 9.17) is 0 Å². The second kappa shape index (κ2) is 8.38. The lowest BCUT2D eigenvalue weighted by Crippen LogP contribution is -1.95. The van der Waals surface area contributed by atoms with Crippen molar-refractivity contribution in [3.63, 3.8) is 0 Å². The van der Waals surface area contributed by atoms with Gasteiger partial charge in [0.25, 0.3) is 0 Å². The normalized spacial score (nSPS) is 9.62. The molecule has 0 aliphatic heterocycles. The molecule has 0 amide bonds. The molecule has 0 N–H and O–H groups in total. The Morgan fingerprint density at radius 2 is 1.38 bits per heavy atom. The lowest BCUT2D eigenvalue weighted by molar-refractivity contribution is 0.713. The SMILES string of the molecule is CC.CCCCCc1c(C)cc(C)cc1C. The predicted octanol–water partition coefficient (Wildman–Crippen LogP) is 5.37. The number of hydrogen-bond acceptors (Lipinski definition) is 0. The molecule has 1 rings (SSSR count). The molecule has 0 aliphatic rings. The van der Waals surface area contributed by atoms with Gasteiger partial charge in [0.2, 0.25) is 0 Å². The molecule has 0 radical (unpaired) electrons. The van der Waals surface area contributed by atoms with Crippen LogP contribution in [-0.2, 0) is 6.42 Å². The molecule has 0 spiro atoms. The first-order valence-electron chi connectivity index (χ1n) is 6.72. The molecule has 0 nitrogen and oxygen atoms in total. The molecule has 0 aliphatic carbocycles. The predicted molar refractivity (Wildman–Crippen MR) is 75.2 cm³/mol. The van der Waals surface area contributed by atoms with Crippen molar-refractivity contribution < 1.29 is 0 Å². The fourth-order valence-corrected chi connectivity index (χ4v) is 2.16. The van der Waals surface area contributed by atoms with Gasteiger partial charge in [0.1, 0.15) is 0 Å². The van der Waals surface area contributed by atoms with Gasteiger partial charge >= 0.3 is 0 Å². The maximum absolute atomic E-state index is 2.30. The number of benzene rings is 1. The van der Waals surface area contributed by atoms with Gasteiger partial charge in [0.05, 0.1) is 0 Å². The fraction of sp³-hybridized carbons (Fsp3) is 0.625. The molecule has 0 saturated carbocycles. The van der Waals surface area contributed by atoms with E-state index >= 15 is 0 Å². The Bertz CT molecular complexity index is 274. The van der Waals surface area contributed by atoms with Crippen molar-refractivity contribution in [2.75, 3.05) is 0 Å². The second-order valence-electron chi connectivity index (χ2n) is 4.33. The molecule has 1 aromatic rings. The van der Waals surface area contributed by atoms with Crippen LogP contribution in [0, 0.1) is 20.8 Å². The van der Waals surface area contributed by atoms with Crippen LogP contribution in [0.3, 0.4) is 0 Å². The van der Waals surface area contributed by atoms with Crippen LogP contribution in [0.1, 0.15) is 62.3 Å². The maximum Gasteiger partial charge on any atom is -0.0274 e. The smallest absolute Gasteiger partial charge is 0.0274 e. The van der Waals surface area contributed by atoms with Crippen molar-refractivity contribution in [3.05, 3.63) is 34.4 Å². The summed E-state index contributed by atoms with van der Waals surface area (Å²) in [6.45, 7) is 12.9. The van der Waals surface area contributed by atoms with Crippen LogP contribution in [0.4, 0.5) is 0 Å². The first-order chi connectivity index (χ1) is 7.65. The van der Waals surface area contributed by atoms with Gasteiger partial charge in [0, 0.05) is 0 Å². The van der Waals surface area contributed by atoms with Gasteiger partial charge in [-0.25, -0.2) is 0 Å². The first kappa shape index (κ1) is 15.2. The largest absolute Gasteiger partial charge is 0.0683 e. The molecule has 0 heteroatoms. The average molecular weight is 220 g/mol. The molecule has 16 heavy (non-hydrogen) atoms. The van der Waals surface area contributed by atoms with Crippen LogP contribution < -0.4 is 0 Å². The number of rotatable bonds is 4. The highest BCUT2D eigenvalue weighted by molar-refractivity contribution is 5.37. The third-order valence-corrected chi connectivity index (χ3v) is 2.87. The molecule has 0 unspecified atom stereocenters. The summed E-state index contributed by atoms with van der Waals surface area (Å²) in [5.74, 6) is 0. The van der Waals surface area contributed by atoms with Crippen molar-refractivity contribution in [1.29, 1.82) is 0 Å². The highest BCUT2D eigenvalue weighted by atomic mass is 14.1. The van der Waals surface area contributed by atoms with Gasteiger partial charge in [-0.2, -0.15) is 0 Å². The summed E-state index contributed by atoms with van der Waals surface area (Å²) in [7, 11) is 0. The van der Waals surface area contributed by atoms with E-state index < -0.39 is 0 Å². The summed E-state index contributed by atoms with van der Waals surface area (Å²) in [5, 5.41) is 0. The van der Waals surface area contributed by atoms with Gasteiger partial charge in [-0.3, -0.25) is 0 Å². The number of unbranched alkanes of at least 4 members (excludes halogenated alkanes) is 2. The van der Waals surface area contributed by atoms with Crippen molar-refractivity contribution in [1.82, 2.24) is 0 Å². The zero-order valence-electron chi connectivity index (χ0n) is 12.0. The van der Waals surface area contributed by atoms with E-state index in [-0.39, 0.29) is 0 Å². The Kier molecular flexibility index (Phi) is 7.97. The minimum absolute atomic E-state index is 1.26. The standard InChI is InChI=1S/C14H22.C2H6/c1-5-6-7-8-14-12(3)9-11(2)10-13(14)4;1-2/h9-10H,5-8H2,1-4H3;1-2H3. The summed E-state index contributed by atoms with van der Waals surface area (Å²) in [4.78, 5) is 0. The molecule has 0 atom stereocenters. The van der Waals surface area contributed by atoms with E-state index in [0.717, 1.165) is 0 Å². The van der Waals surface area contributed by atoms with Crippen molar-refractivity contribution in [2.24, 2.45) is 0 Å². The topological polar surface area (TPSA) is 0 Å². The van der Waals surface area contributed by atoms with Crippen molar-refractivity contribution in [2.45, 2.75) is 67.2 Å². The Morgan fingerprint density at radius 1 is 0.875 bits per heavy atom. The number of hydrogen-bond donors (Lipinski definition) is 0. The van der Waals surface area contributed by atoms with Crippen molar-refractivity contribution >= 4 is 0 Å². The highest BCUT2D eigenvalue weighted by Crippen LogP contribution is 2.18. The summed E-state index contributed by atoms with van der Waals surface area (Å²) in [6.07, 6.45) is 5.25. The van der Waals surface area contributed by atoms with Crippen molar-refractivity contribution in [3.8, 4) is 0 Å². The Balaban J connectivity index is 0.00000106. The Labute approximate surface area is 102 Å². The minimum Gasteiger partial charge on any atom is -0.0683 e. The van der Waals surface area contributed by atoms with E-state index in [0.29, 0.717) is 0 Å². The van der Waals surface area contributed by atoms with Crippen LogP contribution in [0.2, 0.25) is 0 Å². The van der Waals surface area contributed by atoms with Gasteiger partial charge in [-0.1, -0.05) is 51.3 Å². The van der Waals surface area contributed by atoms with Crippen LogP contribution in [0.15, 0.2) is 12.1 Å². The molecule has 0 fully saturated rings. The van der Waals surface area contributed by atoms with Crippen LogP contribution in [0.25, 0.3) is 0 Å². The molecule has 0 heterocycles. The van der Waals surface area contributed by atoms with Crippen LogP contribution in [0.5, 0.6) is 0 Å². The molecule has 0 bridgehead atoms. The Hall–Kier alpha value is -0.780. The Morgan fingerprint density at radius 3 is 1.81 bits per heavy atom. The van der Waals surface area contributed by atoms with E-state index in [1.54, 1.807) is 5.56 Å². The van der Waals surface area contributed by atoms with Gasteiger partial charge < -0.3 is 0 Å². The van der Waals surface area contributed by atoms with E-state index in [1.807, 2.05) is 13.8 Å². The molecule has 0 aromatic heterocycles. The van der Waals surface area contributed by atoms with Crippen LogP contribution in [-0.4, -0.2) is 0 Å². The lowest BCUT2D eigenvalue weighted by Gasteiger charge is -2.10. The van der Waals surface area contributed by atoms with E-state index in [2.05, 4.69) is 39.8 Å². The lowest BCUT2D eigenvalue weighted by atomic mass is 9.95. The molecule has 92 valence electrons. The quantitative estimate of drug-likeness (QED) is 0.598. The fourth-order valence-electron chi connectivity index (χ4n) is 2.16. The van der Waals surface area contributed by atoms with Gasteiger partial charge in [-0.05, 0) is 50.3 Å². The molecular weight excluding hydrogens is 192 g/mol. The highest BCUT2D eigenvalue weighted by Gasteiger charge is 2.02. The maximum atomic E-state index is 2.30. The molecular formula is C16H28. The third kappa shape index (κ3) is 4.83. The summed E-state index contributed by atoms with van der Waals surface area (Å²) in [5.41, 5.74) is 5.90. The summed E-state index contributed by atoms with van der Waals surface area (Å²) in [6, 6.07) is 4.60. The minimum atomic E-state index is 1.26. The van der Waals surface area contributed by atoms with Crippen LogP contribution >= 0.6 is 0 Å². The first-order valence-corrected chi connectivity index (χ1v) is 6.72.